The third kappa shape index (κ3) is 4.70. The predicted octanol–water partition coefficient (Wildman–Crippen LogP) is 2.47. The van der Waals surface area contributed by atoms with E-state index in [2.05, 4.69) is 10.5 Å². The molecule has 0 bridgehead atoms. The van der Waals surface area contributed by atoms with Gasteiger partial charge in [0.15, 0.2) is 0 Å². The molecular weight excluding hydrogens is 278 g/mol. The van der Waals surface area contributed by atoms with Gasteiger partial charge in [-0.25, -0.2) is 5.43 Å². The maximum atomic E-state index is 11.6. The molecule has 0 aromatic heterocycles. The second-order valence-corrected chi connectivity index (χ2v) is 5.33. The van der Waals surface area contributed by atoms with E-state index in [9.17, 15) is 4.79 Å². The van der Waals surface area contributed by atoms with E-state index < -0.39 is 0 Å². The highest BCUT2D eigenvalue weighted by Gasteiger charge is 2.16. The standard InChI is InChI=1S/C17H23N3O2/c1-13-15(11-14-7-4-5-8-16(14)22-13)12-19-20-17(21)9-3-2-6-10-18/h4-5,7-8,11-13H,2-3,6,9-10,18H2,1H3,(H,20,21). The first-order valence-electron chi connectivity index (χ1n) is 7.70. The van der Waals surface area contributed by atoms with Gasteiger partial charge >= 0.3 is 0 Å². The molecule has 0 radical (unpaired) electrons. The lowest BCUT2D eigenvalue weighted by atomic mass is 10.0. The van der Waals surface area contributed by atoms with Crippen molar-refractivity contribution in [3.63, 3.8) is 0 Å². The number of hydrazone groups is 1. The fourth-order valence-electron chi connectivity index (χ4n) is 2.25. The molecule has 0 fully saturated rings. The normalized spacial score (nSPS) is 16.8. The van der Waals surface area contributed by atoms with Gasteiger partial charge in [0.2, 0.25) is 5.91 Å². The van der Waals surface area contributed by atoms with Crippen LogP contribution >= 0.6 is 0 Å². The van der Waals surface area contributed by atoms with E-state index >= 15 is 0 Å². The number of hydrogen-bond acceptors (Lipinski definition) is 4. The number of nitrogens with one attached hydrogen (secondary N) is 1. The number of nitrogens with zero attached hydrogens (tertiary/aromatic N) is 1. The van der Waals surface area contributed by atoms with Crippen LogP contribution in [0.15, 0.2) is 34.9 Å². The predicted molar refractivity (Wildman–Crippen MR) is 88.7 cm³/mol. The van der Waals surface area contributed by atoms with Gasteiger partial charge in [0.25, 0.3) is 0 Å². The van der Waals surface area contributed by atoms with E-state index in [4.69, 9.17) is 10.5 Å². The topological polar surface area (TPSA) is 76.7 Å². The van der Waals surface area contributed by atoms with Crippen LogP contribution in [0.5, 0.6) is 5.75 Å². The lowest BCUT2D eigenvalue weighted by molar-refractivity contribution is -0.121. The number of carbonyl (C=O) groups is 1. The summed E-state index contributed by atoms with van der Waals surface area (Å²) in [4.78, 5) is 11.6. The molecule has 1 atom stereocenters. The molecule has 22 heavy (non-hydrogen) atoms. The van der Waals surface area contributed by atoms with Crippen LogP contribution < -0.4 is 15.9 Å². The van der Waals surface area contributed by atoms with Crippen LogP contribution in [0, 0.1) is 0 Å². The Morgan fingerprint density at radius 3 is 3.00 bits per heavy atom. The van der Waals surface area contributed by atoms with Crippen molar-refractivity contribution in [2.24, 2.45) is 10.8 Å². The minimum Gasteiger partial charge on any atom is -0.485 e. The lowest BCUT2D eigenvalue weighted by Crippen LogP contribution is -2.22. The van der Waals surface area contributed by atoms with E-state index in [1.165, 1.54) is 0 Å². The second kappa shape index (κ2) is 8.34. The molecule has 1 aliphatic heterocycles. The van der Waals surface area contributed by atoms with Crippen molar-refractivity contribution in [3.05, 3.63) is 35.4 Å². The van der Waals surface area contributed by atoms with Crippen molar-refractivity contribution in [2.45, 2.75) is 38.7 Å². The zero-order chi connectivity index (χ0) is 15.8. The summed E-state index contributed by atoms with van der Waals surface area (Å²) in [6, 6.07) is 7.85. The van der Waals surface area contributed by atoms with E-state index in [0.717, 1.165) is 36.1 Å². The molecule has 1 aromatic carbocycles. The second-order valence-electron chi connectivity index (χ2n) is 5.33. The Kier molecular flexibility index (Phi) is 6.15. The van der Waals surface area contributed by atoms with Crippen molar-refractivity contribution in [3.8, 4) is 5.75 Å². The van der Waals surface area contributed by atoms with Crippen molar-refractivity contribution in [2.75, 3.05) is 6.54 Å². The largest absolute Gasteiger partial charge is 0.485 e. The molecule has 0 aliphatic carbocycles. The zero-order valence-corrected chi connectivity index (χ0v) is 12.9. The van der Waals surface area contributed by atoms with Gasteiger partial charge in [0.1, 0.15) is 11.9 Å². The van der Waals surface area contributed by atoms with Gasteiger partial charge < -0.3 is 10.5 Å². The number of rotatable bonds is 7. The Bertz CT molecular complexity index is 567. The first-order chi connectivity index (χ1) is 10.7. The number of fused-ring (bicyclic) bond motifs is 1. The number of hydrogen-bond donors (Lipinski definition) is 2. The van der Waals surface area contributed by atoms with Crippen LogP contribution in [0.3, 0.4) is 0 Å². The minimum atomic E-state index is -0.0832. The van der Waals surface area contributed by atoms with Crippen molar-refractivity contribution in [1.82, 2.24) is 5.43 Å². The number of ether oxygens (including phenoxy) is 1. The van der Waals surface area contributed by atoms with Gasteiger partial charge in [-0.3, -0.25) is 4.79 Å². The summed E-state index contributed by atoms with van der Waals surface area (Å²) in [5.41, 5.74) is 9.92. The fraction of sp³-hybridized carbons (Fsp3) is 0.412. The van der Waals surface area contributed by atoms with E-state index in [1.807, 2.05) is 37.3 Å². The molecule has 5 heteroatoms. The smallest absolute Gasteiger partial charge is 0.240 e. The van der Waals surface area contributed by atoms with Gasteiger partial charge in [0.05, 0.1) is 6.21 Å². The monoisotopic (exact) mass is 301 g/mol. The van der Waals surface area contributed by atoms with Gasteiger partial charge in [-0.15, -0.1) is 0 Å². The van der Waals surface area contributed by atoms with E-state index in [1.54, 1.807) is 6.21 Å². The van der Waals surface area contributed by atoms with Crippen LogP contribution in [0.2, 0.25) is 0 Å². The van der Waals surface area contributed by atoms with Crippen molar-refractivity contribution in [1.29, 1.82) is 0 Å². The number of amides is 1. The molecule has 1 heterocycles. The molecule has 1 aliphatic rings. The highest BCUT2D eigenvalue weighted by atomic mass is 16.5. The summed E-state index contributed by atoms with van der Waals surface area (Å²) in [5.74, 6) is 0.801. The molecule has 118 valence electrons. The van der Waals surface area contributed by atoms with Gasteiger partial charge in [-0.05, 0) is 38.5 Å². The maximum Gasteiger partial charge on any atom is 0.240 e. The first kappa shape index (κ1) is 16.2. The fourth-order valence-corrected chi connectivity index (χ4v) is 2.25. The Morgan fingerprint density at radius 2 is 2.18 bits per heavy atom. The van der Waals surface area contributed by atoms with E-state index in [0.29, 0.717) is 13.0 Å². The van der Waals surface area contributed by atoms with Crippen LogP contribution in [0.25, 0.3) is 6.08 Å². The van der Waals surface area contributed by atoms with Crippen molar-refractivity contribution < 1.29 is 9.53 Å². The van der Waals surface area contributed by atoms with Crippen LogP contribution in [0.1, 0.15) is 38.2 Å². The van der Waals surface area contributed by atoms with E-state index in [-0.39, 0.29) is 12.0 Å². The molecule has 1 aromatic rings. The molecule has 5 nitrogen and oxygen atoms in total. The number of carbonyl (C=O) groups excluding carboxylic acids is 1. The third-order valence-corrected chi connectivity index (χ3v) is 3.53. The number of benzene rings is 1. The quantitative estimate of drug-likeness (QED) is 0.461. The van der Waals surface area contributed by atoms with Gasteiger partial charge in [-0.1, -0.05) is 24.6 Å². The SMILES string of the molecule is CC1Oc2ccccc2C=C1C=NNC(=O)CCCCCN. The summed E-state index contributed by atoms with van der Waals surface area (Å²) in [6.07, 6.45) is 6.84. The third-order valence-electron chi connectivity index (χ3n) is 3.53. The lowest BCUT2D eigenvalue weighted by Gasteiger charge is -2.22. The minimum absolute atomic E-state index is 0.0707. The molecule has 0 saturated heterocycles. The number of nitrogens with two attached hydrogens (primary N) is 1. The summed E-state index contributed by atoms with van der Waals surface area (Å²) < 4.78 is 5.81. The van der Waals surface area contributed by atoms with Crippen LogP contribution in [-0.2, 0) is 4.79 Å². The molecule has 3 N–H and O–H groups in total. The Hall–Kier alpha value is -2.14. The highest BCUT2D eigenvalue weighted by Crippen LogP contribution is 2.28. The molecule has 1 unspecified atom stereocenters. The summed E-state index contributed by atoms with van der Waals surface area (Å²) in [5, 5.41) is 4.02. The van der Waals surface area contributed by atoms with Crippen molar-refractivity contribution >= 4 is 18.2 Å². The summed E-state index contributed by atoms with van der Waals surface area (Å²) in [6.45, 7) is 2.63. The summed E-state index contributed by atoms with van der Waals surface area (Å²) >= 11 is 0. The Labute approximate surface area is 131 Å². The highest BCUT2D eigenvalue weighted by molar-refractivity contribution is 5.89. The molecule has 0 spiro atoms. The first-order valence-corrected chi connectivity index (χ1v) is 7.70. The number of unbranched alkanes of at least 4 members (excludes halogenated alkanes) is 2. The Morgan fingerprint density at radius 1 is 1.36 bits per heavy atom. The average molecular weight is 301 g/mol. The maximum absolute atomic E-state index is 11.6. The van der Waals surface area contributed by atoms with Gasteiger partial charge in [-0.2, -0.15) is 5.10 Å². The molecule has 1 amide bonds. The molecule has 2 rings (SSSR count). The molecule has 0 saturated carbocycles. The van der Waals surface area contributed by atoms with Crippen LogP contribution in [-0.4, -0.2) is 24.8 Å². The average Bonchev–Trinajstić information content (AvgIpc) is 2.52. The summed E-state index contributed by atoms with van der Waals surface area (Å²) in [7, 11) is 0. The zero-order valence-electron chi connectivity index (χ0n) is 12.9. The van der Waals surface area contributed by atoms with Gasteiger partial charge in [0, 0.05) is 17.6 Å². The number of para-hydroxylation sites is 1. The molecular formula is C17H23N3O2. The Balaban J connectivity index is 1.85. The van der Waals surface area contributed by atoms with Crippen LogP contribution in [0.4, 0.5) is 0 Å².